The van der Waals surface area contributed by atoms with E-state index in [4.69, 9.17) is 9.15 Å². The average molecular weight is 371 g/mol. The summed E-state index contributed by atoms with van der Waals surface area (Å²) in [4.78, 5) is 30.1. The highest BCUT2D eigenvalue weighted by atomic mass is 16.6. The standard InChI is InChI=1S/C20H25N3O4/c1-20(2,3)27-19(25)23-10-9-14(13-23)11-21-17(24)18-22-12-16(26-18)15-7-5-4-6-8-15/h4-8,12,14H,9-11,13H2,1-3H3,(H,21,24). The van der Waals surface area contributed by atoms with Gasteiger partial charge in [-0.2, -0.15) is 0 Å². The Morgan fingerprint density at radius 1 is 1.30 bits per heavy atom. The van der Waals surface area contributed by atoms with Gasteiger partial charge < -0.3 is 19.4 Å². The third-order valence-electron chi connectivity index (χ3n) is 4.25. The lowest BCUT2D eigenvalue weighted by Gasteiger charge is -2.24. The number of hydrogen-bond donors (Lipinski definition) is 1. The van der Waals surface area contributed by atoms with Gasteiger partial charge in [0.2, 0.25) is 0 Å². The number of rotatable bonds is 4. The molecule has 2 amide bonds. The van der Waals surface area contributed by atoms with E-state index in [1.165, 1.54) is 0 Å². The summed E-state index contributed by atoms with van der Waals surface area (Å²) < 4.78 is 10.9. The van der Waals surface area contributed by atoms with Gasteiger partial charge >= 0.3 is 12.0 Å². The number of benzene rings is 1. The summed E-state index contributed by atoms with van der Waals surface area (Å²) in [6.45, 7) is 7.19. The molecule has 1 aromatic carbocycles. The number of amides is 2. The van der Waals surface area contributed by atoms with Gasteiger partial charge in [0.25, 0.3) is 5.89 Å². The third-order valence-corrected chi connectivity index (χ3v) is 4.25. The molecule has 7 heteroatoms. The lowest BCUT2D eigenvalue weighted by atomic mass is 10.1. The van der Waals surface area contributed by atoms with Crippen molar-refractivity contribution in [2.24, 2.45) is 5.92 Å². The lowest BCUT2D eigenvalue weighted by Crippen LogP contribution is -2.36. The van der Waals surface area contributed by atoms with Crippen LogP contribution in [0, 0.1) is 5.92 Å². The molecule has 27 heavy (non-hydrogen) atoms. The Morgan fingerprint density at radius 2 is 2.04 bits per heavy atom. The first-order chi connectivity index (χ1) is 12.8. The monoisotopic (exact) mass is 371 g/mol. The Hall–Kier alpha value is -2.83. The van der Waals surface area contributed by atoms with Gasteiger partial charge in [0.15, 0.2) is 5.76 Å². The zero-order valence-corrected chi connectivity index (χ0v) is 15.9. The number of likely N-dealkylation sites (tertiary alicyclic amines) is 1. The molecule has 0 radical (unpaired) electrons. The van der Waals surface area contributed by atoms with Gasteiger partial charge in [0.05, 0.1) is 6.20 Å². The summed E-state index contributed by atoms with van der Waals surface area (Å²) in [6.07, 6.45) is 2.06. The maximum atomic E-state index is 12.3. The van der Waals surface area contributed by atoms with Crippen LogP contribution in [0.3, 0.4) is 0 Å². The molecule has 7 nitrogen and oxygen atoms in total. The zero-order valence-electron chi connectivity index (χ0n) is 15.9. The van der Waals surface area contributed by atoms with Gasteiger partial charge in [-0.3, -0.25) is 4.79 Å². The maximum Gasteiger partial charge on any atom is 0.410 e. The van der Waals surface area contributed by atoms with E-state index < -0.39 is 5.60 Å². The van der Waals surface area contributed by atoms with Crippen LogP contribution < -0.4 is 5.32 Å². The van der Waals surface area contributed by atoms with Crippen molar-refractivity contribution in [3.63, 3.8) is 0 Å². The Labute approximate surface area is 158 Å². The van der Waals surface area contributed by atoms with Crippen molar-refractivity contribution >= 4 is 12.0 Å². The molecular weight excluding hydrogens is 346 g/mol. The predicted molar refractivity (Wildman–Crippen MR) is 100 cm³/mol. The molecule has 1 fully saturated rings. The SMILES string of the molecule is CC(C)(C)OC(=O)N1CCC(CNC(=O)c2ncc(-c3ccccc3)o2)C1. The first kappa shape index (κ1) is 18.9. The molecule has 0 aliphatic carbocycles. The van der Waals surface area contributed by atoms with Crippen molar-refractivity contribution < 1.29 is 18.7 Å². The number of nitrogens with zero attached hydrogens (tertiary/aromatic N) is 2. The summed E-state index contributed by atoms with van der Waals surface area (Å²) in [5.74, 6) is 0.423. The number of hydrogen-bond acceptors (Lipinski definition) is 5. The number of nitrogens with one attached hydrogen (secondary N) is 1. The molecule has 0 spiro atoms. The second kappa shape index (κ2) is 7.82. The van der Waals surface area contributed by atoms with Crippen molar-refractivity contribution in [2.75, 3.05) is 19.6 Å². The van der Waals surface area contributed by atoms with Crippen LogP contribution in [0.25, 0.3) is 11.3 Å². The van der Waals surface area contributed by atoms with E-state index >= 15 is 0 Å². The molecule has 1 aromatic heterocycles. The van der Waals surface area contributed by atoms with Crippen LogP contribution in [0.2, 0.25) is 0 Å². The normalized spacial score (nSPS) is 17.0. The molecule has 2 aromatic rings. The summed E-state index contributed by atoms with van der Waals surface area (Å²) in [7, 11) is 0. The summed E-state index contributed by atoms with van der Waals surface area (Å²) in [6, 6.07) is 9.50. The number of aromatic nitrogens is 1. The van der Waals surface area contributed by atoms with Crippen molar-refractivity contribution in [1.82, 2.24) is 15.2 Å². The van der Waals surface area contributed by atoms with Crippen molar-refractivity contribution in [2.45, 2.75) is 32.8 Å². The van der Waals surface area contributed by atoms with Gasteiger partial charge in [0.1, 0.15) is 5.60 Å². The van der Waals surface area contributed by atoms with Crippen LogP contribution in [0.4, 0.5) is 4.79 Å². The van der Waals surface area contributed by atoms with Crippen LogP contribution in [0.1, 0.15) is 37.9 Å². The summed E-state index contributed by atoms with van der Waals surface area (Å²) in [5, 5.41) is 2.84. The van der Waals surface area contributed by atoms with E-state index in [1.54, 1.807) is 11.1 Å². The topological polar surface area (TPSA) is 84.7 Å². The zero-order chi connectivity index (χ0) is 19.4. The van der Waals surface area contributed by atoms with E-state index in [-0.39, 0.29) is 23.8 Å². The second-order valence-electron chi connectivity index (χ2n) is 7.69. The molecular formula is C20H25N3O4. The Bertz CT molecular complexity index is 795. The van der Waals surface area contributed by atoms with Crippen molar-refractivity contribution in [3.05, 3.63) is 42.4 Å². The van der Waals surface area contributed by atoms with Crippen LogP contribution >= 0.6 is 0 Å². The number of carbonyl (C=O) groups excluding carboxylic acids is 2. The molecule has 0 saturated carbocycles. The van der Waals surface area contributed by atoms with Gasteiger partial charge in [-0.25, -0.2) is 9.78 Å². The highest BCUT2D eigenvalue weighted by Gasteiger charge is 2.30. The number of oxazole rings is 1. The first-order valence-electron chi connectivity index (χ1n) is 9.09. The van der Waals surface area contributed by atoms with Crippen LogP contribution in [-0.4, -0.2) is 47.1 Å². The Balaban J connectivity index is 1.49. The molecule has 144 valence electrons. The largest absolute Gasteiger partial charge is 0.444 e. The molecule has 3 rings (SSSR count). The van der Waals surface area contributed by atoms with Gasteiger partial charge in [-0.15, -0.1) is 0 Å². The highest BCUT2D eigenvalue weighted by molar-refractivity contribution is 5.90. The van der Waals surface area contributed by atoms with Gasteiger partial charge in [-0.05, 0) is 33.1 Å². The third kappa shape index (κ3) is 5.09. The summed E-state index contributed by atoms with van der Waals surface area (Å²) >= 11 is 0. The van der Waals surface area contributed by atoms with Crippen LogP contribution in [-0.2, 0) is 4.74 Å². The molecule has 1 aliphatic rings. The smallest absolute Gasteiger partial charge is 0.410 e. The fourth-order valence-electron chi connectivity index (χ4n) is 2.92. The van der Waals surface area contributed by atoms with E-state index in [0.29, 0.717) is 25.4 Å². The second-order valence-corrected chi connectivity index (χ2v) is 7.69. The fraction of sp³-hybridized carbons (Fsp3) is 0.450. The molecule has 2 heterocycles. The first-order valence-corrected chi connectivity index (χ1v) is 9.09. The fourth-order valence-corrected chi connectivity index (χ4v) is 2.92. The average Bonchev–Trinajstić information content (AvgIpc) is 3.29. The minimum absolute atomic E-state index is 0.0378. The molecule has 1 atom stereocenters. The summed E-state index contributed by atoms with van der Waals surface area (Å²) in [5.41, 5.74) is 0.359. The highest BCUT2D eigenvalue weighted by Crippen LogP contribution is 2.21. The molecule has 1 unspecified atom stereocenters. The van der Waals surface area contributed by atoms with Crippen molar-refractivity contribution in [3.8, 4) is 11.3 Å². The minimum Gasteiger partial charge on any atom is -0.444 e. The lowest BCUT2D eigenvalue weighted by molar-refractivity contribution is 0.0288. The van der Waals surface area contributed by atoms with E-state index in [2.05, 4.69) is 10.3 Å². The van der Waals surface area contributed by atoms with Crippen molar-refractivity contribution in [1.29, 1.82) is 0 Å². The molecule has 0 bridgehead atoms. The van der Waals surface area contributed by atoms with E-state index in [1.807, 2.05) is 51.1 Å². The number of carbonyl (C=O) groups is 2. The quantitative estimate of drug-likeness (QED) is 0.891. The Morgan fingerprint density at radius 3 is 2.74 bits per heavy atom. The van der Waals surface area contributed by atoms with E-state index in [9.17, 15) is 9.59 Å². The molecule has 1 aliphatic heterocycles. The van der Waals surface area contributed by atoms with Crippen LogP contribution in [0.15, 0.2) is 40.9 Å². The predicted octanol–water partition coefficient (Wildman–Crippen LogP) is 3.33. The maximum absolute atomic E-state index is 12.3. The van der Waals surface area contributed by atoms with Crippen LogP contribution in [0.5, 0.6) is 0 Å². The van der Waals surface area contributed by atoms with Gasteiger partial charge in [0, 0.05) is 25.2 Å². The van der Waals surface area contributed by atoms with E-state index in [0.717, 1.165) is 12.0 Å². The Kier molecular flexibility index (Phi) is 5.48. The van der Waals surface area contributed by atoms with Gasteiger partial charge in [-0.1, -0.05) is 30.3 Å². The number of ether oxygens (including phenoxy) is 1. The molecule has 1 saturated heterocycles. The minimum atomic E-state index is -0.509. The molecule has 1 N–H and O–H groups in total.